The van der Waals surface area contributed by atoms with Gasteiger partial charge in [0, 0.05) is 40.3 Å². The number of hydrogen-bond donors (Lipinski definition) is 3. The second-order valence-corrected chi connectivity index (χ2v) is 8.74. The average molecular weight is 383 g/mol. The first-order chi connectivity index (χ1) is 12.9. The number of carbonyl (C=O) groups is 1. The van der Waals surface area contributed by atoms with Crippen LogP contribution in [0.5, 0.6) is 0 Å². The van der Waals surface area contributed by atoms with Gasteiger partial charge in [-0.3, -0.25) is 9.52 Å². The third kappa shape index (κ3) is 3.83. The summed E-state index contributed by atoms with van der Waals surface area (Å²) < 4.78 is 24.9. The van der Waals surface area contributed by atoms with Crippen molar-refractivity contribution in [3.63, 3.8) is 0 Å². The number of sulfonamides is 1. The van der Waals surface area contributed by atoms with E-state index < -0.39 is 10.0 Å². The molecule has 0 radical (unpaired) electrons. The molecule has 1 aromatic heterocycles. The minimum absolute atomic E-state index is 0.0758. The number of hydrogen-bond acceptors (Lipinski definition) is 3. The Labute approximate surface area is 158 Å². The van der Waals surface area contributed by atoms with Gasteiger partial charge in [-0.25, -0.2) is 8.42 Å². The second-order valence-electron chi connectivity index (χ2n) is 6.99. The molecule has 1 atom stereocenters. The fourth-order valence-corrected chi connectivity index (χ4v) is 4.24. The lowest BCUT2D eigenvalue weighted by molar-refractivity contribution is 0.0933. The number of aromatic amines is 1. The van der Waals surface area contributed by atoms with Crippen molar-refractivity contribution < 1.29 is 13.2 Å². The summed E-state index contributed by atoms with van der Waals surface area (Å²) in [5.74, 6) is -0.148. The highest BCUT2D eigenvalue weighted by molar-refractivity contribution is 7.92. The normalized spacial score (nSPS) is 16.7. The van der Waals surface area contributed by atoms with E-state index in [-0.39, 0.29) is 11.9 Å². The SMILES string of the molecule is CS(=O)(=O)Nc1ccc(C(=O)NC2CCc3c([nH]c4ccccc34)C2)cc1. The number of anilines is 1. The number of benzene rings is 2. The molecule has 0 saturated heterocycles. The molecule has 1 aliphatic carbocycles. The zero-order chi connectivity index (χ0) is 19.0. The molecule has 6 nitrogen and oxygen atoms in total. The molecule has 3 aromatic rings. The van der Waals surface area contributed by atoms with Crippen LogP contribution < -0.4 is 10.0 Å². The molecule has 7 heteroatoms. The molecule has 27 heavy (non-hydrogen) atoms. The van der Waals surface area contributed by atoms with E-state index in [1.165, 1.54) is 16.6 Å². The average Bonchev–Trinajstić information content (AvgIpc) is 2.98. The van der Waals surface area contributed by atoms with E-state index in [2.05, 4.69) is 27.2 Å². The van der Waals surface area contributed by atoms with Gasteiger partial charge in [0.1, 0.15) is 0 Å². The van der Waals surface area contributed by atoms with Crippen LogP contribution in [0.4, 0.5) is 5.69 Å². The summed E-state index contributed by atoms with van der Waals surface area (Å²) in [6.45, 7) is 0. The third-order valence-corrected chi connectivity index (χ3v) is 5.49. The summed E-state index contributed by atoms with van der Waals surface area (Å²) in [6.07, 6.45) is 3.70. The van der Waals surface area contributed by atoms with Gasteiger partial charge in [0.05, 0.1) is 6.26 Å². The van der Waals surface area contributed by atoms with Gasteiger partial charge in [-0.05, 0) is 48.7 Å². The van der Waals surface area contributed by atoms with Gasteiger partial charge in [-0.1, -0.05) is 18.2 Å². The Morgan fingerprint density at radius 2 is 1.85 bits per heavy atom. The predicted octanol–water partition coefficient (Wildman–Crippen LogP) is 2.83. The quantitative estimate of drug-likeness (QED) is 0.647. The first-order valence-corrected chi connectivity index (χ1v) is 10.8. The number of amides is 1. The van der Waals surface area contributed by atoms with Crippen molar-refractivity contribution in [1.29, 1.82) is 0 Å². The Balaban J connectivity index is 1.44. The molecule has 1 amide bonds. The topological polar surface area (TPSA) is 91.1 Å². The largest absolute Gasteiger partial charge is 0.358 e. The van der Waals surface area contributed by atoms with E-state index in [4.69, 9.17) is 0 Å². The fourth-order valence-electron chi connectivity index (χ4n) is 3.68. The minimum atomic E-state index is -3.33. The van der Waals surface area contributed by atoms with Crippen molar-refractivity contribution in [3.8, 4) is 0 Å². The second kappa shape index (κ2) is 6.74. The molecule has 0 spiro atoms. The lowest BCUT2D eigenvalue weighted by Crippen LogP contribution is -2.38. The van der Waals surface area contributed by atoms with Gasteiger partial charge in [0.15, 0.2) is 0 Å². The maximum atomic E-state index is 12.5. The standard InChI is InChI=1S/C20H21N3O3S/c1-27(25,26)23-14-8-6-13(7-9-14)20(24)21-15-10-11-17-16-4-2-3-5-18(16)22-19(17)12-15/h2-9,15,22-23H,10-12H2,1H3,(H,21,24). The number of fused-ring (bicyclic) bond motifs is 3. The highest BCUT2D eigenvalue weighted by Gasteiger charge is 2.23. The molecular formula is C20H21N3O3S. The van der Waals surface area contributed by atoms with Crippen molar-refractivity contribution >= 4 is 32.5 Å². The third-order valence-electron chi connectivity index (χ3n) is 4.88. The summed E-state index contributed by atoms with van der Waals surface area (Å²) in [7, 11) is -3.33. The fraction of sp³-hybridized carbons (Fsp3) is 0.250. The maximum absolute atomic E-state index is 12.5. The maximum Gasteiger partial charge on any atom is 0.251 e. The summed E-state index contributed by atoms with van der Waals surface area (Å²) in [4.78, 5) is 16.0. The summed E-state index contributed by atoms with van der Waals surface area (Å²) in [5.41, 5.74) is 4.64. The van der Waals surface area contributed by atoms with Crippen LogP contribution in [-0.2, 0) is 22.9 Å². The number of aromatic nitrogens is 1. The Morgan fingerprint density at radius 3 is 2.59 bits per heavy atom. The van der Waals surface area contributed by atoms with Crippen LogP contribution in [0.3, 0.4) is 0 Å². The highest BCUT2D eigenvalue weighted by Crippen LogP contribution is 2.29. The van der Waals surface area contributed by atoms with E-state index in [0.29, 0.717) is 11.3 Å². The molecule has 140 valence electrons. The molecule has 1 heterocycles. The summed E-state index contributed by atoms with van der Waals surface area (Å²) in [6, 6.07) is 14.8. The molecule has 1 unspecified atom stereocenters. The van der Waals surface area contributed by atoms with E-state index in [1.54, 1.807) is 24.3 Å². The van der Waals surface area contributed by atoms with Crippen LogP contribution in [0.25, 0.3) is 10.9 Å². The van der Waals surface area contributed by atoms with Gasteiger partial charge < -0.3 is 10.3 Å². The molecule has 1 aliphatic rings. The van der Waals surface area contributed by atoms with Crippen molar-refractivity contribution in [3.05, 3.63) is 65.4 Å². The van der Waals surface area contributed by atoms with Crippen LogP contribution in [-0.4, -0.2) is 31.6 Å². The first-order valence-electron chi connectivity index (χ1n) is 8.86. The number of nitrogens with one attached hydrogen (secondary N) is 3. The highest BCUT2D eigenvalue weighted by atomic mass is 32.2. The van der Waals surface area contributed by atoms with Gasteiger partial charge in [0.25, 0.3) is 5.91 Å². The van der Waals surface area contributed by atoms with Gasteiger partial charge >= 0.3 is 0 Å². The molecule has 0 fully saturated rings. The first kappa shape index (κ1) is 17.6. The monoisotopic (exact) mass is 383 g/mol. The molecule has 2 aromatic carbocycles. The summed E-state index contributed by atoms with van der Waals surface area (Å²) in [5, 5.41) is 4.36. The van der Waals surface area contributed by atoms with Crippen LogP contribution in [0, 0.1) is 0 Å². The minimum Gasteiger partial charge on any atom is -0.358 e. The zero-order valence-corrected chi connectivity index (χ0v) is 15.8. The zero-order valence-electron chi connectivity index (χ0n) is 15.0. The summed E-state index contributed by atoms with van der Waals surface area (Å²) >= 11 is 0. The number of rotatable bonds is 4. The van der Waals surface area contributed by atoms with Crippen LogP contribution in [0.2, 0.25) is 0 Å². The molecule has 0 saturated carbocycles. The Bertz CT molecular complexity index is 1100. The van der Waals surface area contributed by atoms with Gasteiger partial charge in [-0.15, -0.1) is 0 Å². The van der Waals surface area contributed by atoms with Crippen molar-refractivity contribution in [2.45, 2.75) is 25.3 Å². The Kier molecular flexibility index (Phi) is 4.39. The Morgan fingerprint density at radius 1 is 1.11 bits per heavy atom. The van der Waals surface area contributed by atoms with Crippen molar-refractivity contribution in [1.82, 2.24) is 10.3 Å². The lowest BCUT2D eigenvalue weighted by atomic mass is 9.91. The number of para-hydroxylation sites is 1. The number of H-pyrrole nitrogens is 1. The van der Waals surface area contributed by atoms with E-state index in [1.807, 2.05) is 12.1 Å². The van der Waals surface area contributed by atoms with E-state index in [9.17, 15) is 13.2 Å². The number of aryl methyl sites for hydroxylation is 1. The molecule has 4 rings (SSSR count). The Hall–Kier alpha value is -2.80. The molecule has 3 N–H and O–H groups in total. The van der Waals surface area contributed by atoms with Gasteiger partial charge in [0.2, 0.25) is 10.0 Å². The molecule has 0 aliphatic heterocycles. The number of carbonyl (C=O) groups excluding carboxylic acids is 1. The van der Waals surface area contributed by atoms with Crippen molar-refractivity contribution in [2.75, 3.05) is 11.0 Å². The lowest BCUT2D eigenvalue weighted by Gasteiger charge is -2.23. The predicted molar refractivity (Wildman–Crippen MR) is 106 cm³/mol. The van der Waals surface area contributed by atoms with Crippen LogP contribution in [0.1, 0.15) is 28.0 Å². The van der Waals surface area contributed by atoms with Crippen molar-refractivity contribution in [2.24, 2.45) is 0 Å². The molecule has 0 bridgehead atoms. The van der Waals surface area contributed by atoms with Gasteiger partial charge in [-0.2, -0.15) is 0 Å². The molecular weight excluding hydrogens is 362 g/mol. The van der Waals surface area contributed by atoms with E-state index in [0.717, 1.165) is 31.0 Å². The van der Waals surface area contributed by atoms with Crippen LogP contribution >= 0.6 is 0 Å². The smallest absolute Gasteiger partial charge is 0.251 e. The van der Waals surface area contributed by atoms with E-state index >= 15 is 0 Å². The van der Waals surface area contributed by atoms with Crippen LogP contribution in [0.15, 0.2) is 48.5 Å².